The number of non-ortho nitro benzene ring substituents is 1. The van der Waals surface area contributed by atoms with E-state index in [1.54, 1.807) is 25.3 Å². The van der Waals surface area contributed by atoms with Crippen molar-refractivity contribution in [3.8, 4) is 11.4 Å². The van der Waals surface area contributed by atoms with Gasteiger partial charge in [0.1, 0.15) is 5.82 Å². The Morgan fingerprint density at radius 1 is 1.38 bits per heavy atom. The molecule has 0 amide bonds. The van der Waals surface area contributed by atoms with Crippen LogP contribution in [0.15, 0.2) is 30.3 Å². The summed E-state index contributed by atoms with van der Waals surface area (Å²) in [5.41, 5.74) is 6.90. The van der Waals surface area contributed by atoms with E-state index in [9.17, 15) is 10.1 Å². The van der Waals surface area contributed by atoms with E-state index in [0.717, 1.165) is 5.69 Å². The van der Waals surface area contributed by atoms with Gasteiger partial charge in [0.2, 0.25) is 0 Å². The number of ether oxygens (including phenoxy) is 1. The fourth-order valence-corrected chi connectivity index (χ4v) is 2.22. The molecular formula is C16H21N5O3. The fraction of sp³-hybridized carbons (Fsp3) is 0.375. The molecule has 24 heavy (non-hydrogen) atoms. The number of nitrogens with one attached hydrogen (secondary N) is 1. The second-order valence-electron chi connectivity index (χ2n) is 5.97. The van der Waals surface area contributed by atoms with Crippen LogP contribution in [0.25, 0.3) is 11.4 Å². The van der Waals surface area contributed by atoms with Gasteiger partial charge in [-0.15, -0.1) is 0 Å². The summed E-state index contributed by atoms with van der Waals surface area (Å²) in [7, 11) is 1.60. The van der Waals surface area contributed by atoms with E-state index in [1.165, 1.54) is 12.1 Å². The van der Waals surface area contributed by atoms with Crippen LogP contribution in [0.5, 0.6) is 0 Å². The Labute approximate surface area is 140 Å². The van der Waals surface area contributed by atoms with Crippen LogP contribution in [-0.4, -0.2) is 40.7 Å². The highest BCUT2D eigenvalue weighted by molar-refractivity contribution is 5.61. The summed E-state index contributed by atoms with van der Waals surface area (Å²) < 4.78 is 5.09. The number of nitro groups is 1. The summed E-state index contributed by atoms with van der Waals surface area (Å²) in [6.45, 7) is 4.58. The molecule has 0 aliphatic carbocycles. The predicted octanol–water partition coefficient (Wildman–Crippen LogP) is 2.14. The molecule has 1 aromatic carbocycles. The van der Waals surface area contributed by atoms with Crippen molar-refractivity contribution in [2.45, 2.75) is 19.4 Å². The summed E-state index contributed by atoms with van der Waals surface area (Å²) >= 11 is 0. The van der Waals surface area contributed by atoms with Crippen LogP contribution >= 0.6 is 0 Å². The zero-order chi connectivity index (χ0) is 17.7. The van der Waals surface area contributed by atoms with Gasteiger partial charge in [0.25, 0.3) is 5.69 Å². The number of methoxy groups -OCH3 is 1. The summed E-state index contributed by atoms with van der Waals surface area (Å²) in [6, 6.07) is 8.04. The quantitative estimate of drug-likeness (QED) is 0.589. The third-order valence-corrected chi connectivity index (χ3v) is 3.32. The van der Waals surface area contributed by atoms with Crippen molar-refractivity contribution >= 4 is 11.5 Å². The molecule has 1 aromatic heterocycles. The summed E-state index contributed by atoms with van der Waals surface area (Å²) in [5.74, 6) is 1.03. The maximum atomic E-state index is 10.9. The second-order valence-corrected chi connectivity index (χ2v) is 5.97. The molecule has 128 valence electrons. The number of nitrogens with zero attached hydrogens (tertiary/aromatic N) is 3. The van der Waals surface area contributed by atoms with E-state index in [2.05, 4.69) is 15.3 Å². The Hall–Kier alpha value is -2.58. The lowest BCUT2D eigenvalue weighted by Crippen LogP contribution is -2.47. The minimum atomic E-state index is -0.542. The molecule has 0 aliphatic rings. The van der Waals surface area contributed by atoms with Crippen molar-refractivity contribution in [3.63, 3.8) is 0 Å². The average Bonchev–Trinajstić information content (AvgIpc) is 2.53. The molecule has 8 nitrogen and oxygen atoms in total. The molecule has 2 aromatic rings. The van der Waals surface area contributed by atoms with E-state index in [4.69, 9.17) is 10.5 Å². The molecule has 1 atom stereocenters. The first-order chi connectivity index (χ1) is 11.3. The summed E-state index contributed by atoms with van der Waals surface area (Å²) in [5, 5.41) is 14.1. The van der Waals surface area contributed by atoms with E-state index >= 15 is 0 Å². The first kappa shape index (κ1) is 17.8. The van der Waals surface area contributed by atoms with E-state index in [-0.39, 0.29) is 5.69 Å². The SMILES string of the molecule is COC[C@@](C)(N)CNc1cc(C)nc(-c2cccc([N+](=O)[O-])c2)n1. The van der Waals surface area contributed by atoms with Gasteiger partial charge in [0.05, 0.1) is 17.1 Å². The van der Waals surface area contributed by atoms with Gasteiger partial charge < -0.3 is 15.8 Å². The number of benzene rings is 1. The van der Waals surface area contributed by atoms with Crippen LogP contribution in [0.2, 0.25) is 0 Å². The average molecular weight is 331 g/mol. The minimum Gasteiger partial charge on any atom is -0.383 e. The molecule has 0 saturated heterocycles. The highest BCUT2D eigenvalue weighted by atomic mass is 16.6. The molecular weight excluding hydrogens is 310 g/mol. The van der Waals surface area contributed by atoms with Crippen molar-refractivity contribution in [2.24, 2.45) is 5.73 Å². The van der Waals surface area contributed by atoms with Gasteiger partial charge in [-0.2, -0.15) is 0 Å². The highest BCUT2D eigenvalue weighted by Crippen LogP contribution is 2.22. The standard InChI is InChI=1S/C16H21N5O3/c1-11-7-14(18-9-16(2,17)10-24-3)20-15(19-11)12-5-4-6-13(8-12)21(22)23/h4-8H,9-10,17H2,1-3H3,(H,18,19,20)/t16-/m0/s1. The van der Waals surface area contributed by atoms with Crippen molar-refractivity contribution < 1.29 is 9.66 Å². The third-order valence-electron chi connectivity index (χ3n) is 3.32. The normalized spacial score (nSPS) is 13.3. The molecule has 3 N–H and O–H groups in total. The molecule has 0 radical (unpaired) electrons. The monoisotopic (exact) mass is 331 g/mol. The largest absolute Gasteiger partial charge is 0.383 e. The number of anilines is 1. The maximum Gasteiger partial charge on any atom is 0.270 e. The third kappa shape index (κ3) is 4.71. The van der Waals surface area contributed by atoms with Gasteiger partial charge in [-0.05, 0) is 13.8 Å². The Morgan fingerprint density at radius 3 is 2.79 bits per heavy atom. The molecule has 0 saturated carbocycles. The van der Waals surface area contributed by atoms with Gasteiger partial charge in [0.15, 0.2) is 5.82 Å². The lowest BCUT2D eigenvalue weighted by atomic mass is 10.1. The van der Waals surface area contributed by atoms with Crippen molar-refractivity contribution in [1.82, 2.24) is 9.97 Å². The zero-order valence-corrected chi connectivity index (χ0v) is 13.9. The Kier molecular flexibility index (Phi) is 5.42. The van der Waals surface area contributed by atoms with E-state index in [0.29, 0.717) is 30.4 Å². The molecule has 2 rings (SSSR count). The fourth-order valence-electron chi connectivity index (χ4n) is 2.22. The number of hydrogen-bond acceptors (Lipinski definition) is 7. The molecule has 0 aliphatic heterocycles. The highest BCUT2D eigenvalue weighted by Gasteiger charge is 2.18. The maximum absolute atomic E-state index is 10.9. The molecule has 0 fully saturated rings. The van der Waals surface area contributed by atoms with Crippen LogP contribution in [0.4, 0.5) is 11.5 Å². The smallest absolute Gasteiger partial charge is 0.270 e. The Balaban J connectivity index is 2.25. The van der Waals surface area contributed by atoms with E-state index < -0.39 is 10.5 Å². The summed E-state index contributed by atoms with van der Waals surface area (Å²) in [6.07, 6.45) is 0. The van der Waals surface area contributed by atoms with Crippen LogP contribution in [0, 0.1) is 17.0 Å². The van der Waals surface area contributed by atoms with Crippen LogP contribution in [-0.2, 0) is 4.74 Å². The van der Waals surface area contributed by atoms with Gasteiger partial charge in [-0.1, -0.05) is 12.1 Å². The Morgan fingerprint density at radius 2 is 2.12 bits per heavy atom. The molecule has 0 bridgehead atoms. The topological polar surface area (TPSA) is 116 Å². The predicted molar refractivity (Wildman–Crippen MR) is 91.8 cm³/mol. The van der Waals surface area contributed by atoms with Crippen LogP contribution < -0.4 is 11.1 Å². The first-order valence-corrected chi connectivity index (χ1v) is 7.43. The Bertz CT molecular complexity index is 733. The first-order valence-electron chi connectivity index (χ1n) is 7.43. The molecule has 1 heterocycles. The lowest BCUT2D eigenvalue weighted by Gasteiger charge is -2.24. The number of aromatic nitrogens is 2. The number of hydrogen-bond donors (Lipinski definition) is 2. The van der Waals surface area contributed by atoms with Gasteiger partial charge >= 0.3 is 0 Å². The number of rotatable bonds is 7. The van der Waals surface area contributed by atoms with Crippen molar-refractivity contribution in [2.75, 3.05) is 25.6 Å². The van der Waals surface area contributed by atoms with Gasteiger partial charge in [-0.25, -0.2) is 9.97 Å². The lowest BCUT2D eigenvalue weighted by molar-refractivity contribution is -0.384. The van der Waals surface area contributed by atoms with Gasteiger partial charge in [0, 0.05) is 43.1 Å². The van der Waals surface area contributed by atoms with Crippen molar-refractivity contribution in [3.05, 3.63) is 46.1 Å². The van der Waals surface area contributed by atoms with Crippen molar-refractivity contribution in [1.29, 1.82) is 0 Å². The number of nitrogens with two attached hydrogens (primary N) is 1. The molecule has 0 unspecified atom stereocenters. The minimum absolute atomic E-state index is 0.00161. The van der Waals surface area contributed by atoms with Crippen LogP contribution in [0.1, 0.15) is 12.6 Å². The van der Waals surface area contributed by atoms with E-state index in [1.807, 2.05) is 13.8 Å². The molecule has 0 spiro atoms. The second kappa shape index (κ2) is 7.33. The number of aryl methyl sites for hydroxylation is 1. The summed E-state index contributed by atoms with van der Waals surface area (Å²) in [4.78, 5) is 19.3. The van der Waals surface area contributed by atoms with Gasteiger partial charge in [-0.3, -0.25) is 10.1 Å². The number of nitro benzene ring substituents is 1. The van der Waals surface area contributed by atoms with Crippen LogP contribution in [0.3, 0.4) is 0 Å². The molecule has 8 heteroatoms. The zero-order valence-electron chi connectivity index (χ0n) is 13.9.